The molecule has 2 heteroatoms. The van der Waals surface area contributed by atoms with E-state index in [4.69, 9.17) is 0 Å². The van der Waals surface area contributed by atoms with Crippen molar-refractivity contribution in [2.75, 3.05) is 4.90 Å². The van der Waals surface area contributed by atoms with Crippen molar-refractivity contribution in [3.63, 3.8) is 0 Å². The molecule has 14 rings (SSSR count). The lowest BCUT2D eigenvalue weighted by Gasteiger charge is -2.32. The first-order valence-corrected chi connectivity index (χ1v) is 22.6. The molecule has 2 aliphatic rings. The summed E-state index contributed by atoms with van der Waals surface area (Å²) in [6.07, 6.45) is 0. The van der Waals surface area contributed by atoms with Crippen LogP contribution in [-0.4, -0.2) is 4.57 Å². The van der Waals surface area contributed by atoms with Crippen molar-refractivity contribution in [2.45, 2.75) is 5.41 Å². The molecule has 1 spiro atoms. The molecule has 0 N–H and O–H groups in total. The maximum atomic E-state index is 2.49. The van der Waals surface area contributed by atoms with Gasteiger partial charge in [-0.2, -0.15) is 0 Å². The topological polar surface area (TPSA) is 8.17 Å². The van der Waals surface area contributed by atoms with Crippen LogP contribution in [0, 0.1) is 0 Å². The number of benzene rings is 11. The third-order valence-corrected chi connectivity index (χ3v) is 14.4. The number of hydrogen-bond acceptors (Lipinski definition) is 1. The van der Waals surface area contributed by atoms with Crippen LogP contribution < -0.4 is 4.90 Å². The first kappa shape index (κ1) is 36.1. The predicted octanol–water partition coefficient (Wildman–Crippen LogP) is 16.6. The summed E-state index contributed by atoms with van der Waals surface area (Å²) in [4.78, 5) is 2.47. The van der Waals surface area contributed by atoms with Gasteiger partial charge in [0.05, 0.1) is 22.1 Å². The fourth-order valence-corrected chi connectivity index (χ4v) is 11.7. The molecule has 11 aromatic carbocycles. The fraction of sp³-hybridized carbons (Fsp3) is 0.0159. The summed E-state index contributed by atoms with van der Waals surface area (Å²) in [5.74, 6) is 0. The van der Waals surface area contributed by atoms with Crippen molar-refractivity contribution >= 4 is 60.4 Å². The molecule has 0 bridgehead atoms. The van der Waals surface area contributed by atoms with E-state index < -0.39 is 5.41 Å². The molecule has 0 saturated heterocycles. The molecule has 1 aromatic heterocycles. The summed E-state index contributed by atoms with van der Waals surface area (Å²) >= 11 is 0. The number of hydrogen-bond donors (Lipinski definition) is 0. The van der Waals surface area contributed by atoms with Crippen LogP contribution in [0.15, 0.2) is 243 Å². The molecule has 0 amide bonds. The Kier molecular flexibility index (Phi) is 7.64. The lowest BCUT2D eigenvalue weighted by atomic mass is 9.70. The van der Waals surface area contributed by atoms with E-state index in [1.54, 1.807) is 0 Å². The standard InChI is InChI=1S/C63H40N2/c1-2-18-45(19-3-1)65-61-39-44(32-36-54(61)55-37-31-43-16-5-7-21-49(43)62(55)65)41-29-33-46(34-30-41)64(60-28-14-17-42-15-4-6-20-48(42)60)47-35-38-53-52-24-10-13-27-58(52)63(59(53)40-47)56-25-11-8-22-50(56)51-23-9-12-26-57(51)63/h1-40H. The quantitative estimate of drug-likeness (QED) is 0.168. The molecule has 0 unspecified atom stereocenters. The molecule has 0 saturated carbocycles. The highest BCUT2D eigenvalue weighted by Crippen LogP contribution is 2.63. The van der Waals surface area contributed by atoms with E-state index in [0.29, 0.717) is 0 Å². The van der Waals surface area contributed by atoms with Gasteiger partial charge in [-0.05, 0) is 115 Å². The molecular weight excluding hydrogens is 785 g/mol. The van der Waals surface area contributed by atoms with Gasteiger partial charge in [0.15, 0.2) is 0 Å². The van der Waals surface area contributed by atoms with Gasteiger partial charge in [-0.25, -0.2) is 0 Å². The summed E-state index contributed by atoms with van der Waals surface area (Å²) in [5, 5.41) is 7.44. The van der Waals surface area contributed by atoms with Crippen molar-refractivity contribution in [3.8, 4) is 39.1 Å². The Balaban J connectivity index is 0.958. The minimum Gasteiger partial charge on any atom is -0.310 e. The van der Waals surface area contributed by atoms with Crippen LogP contribution in [0.2, 0.25) is 0 Å². The second-order valence-corrected chi connectivity index (χ2v) is 17.6. The average Bonchev–Trinajstić information content (AvgIpc) is 3.99. The van der Waals surface area contributed by atoms with Crippen molar-refractivity contribution in [2.24, 2.45) is 0 Å². The third kappa shape index (κ3) is 5.05. The molecule has 0 fully saturated rings. The number of fused-ring (bicyclic) bond motifs is 16. The first-order valence-electron chi connectivity index (χ1n) is 22.6. The molecule has 12 aromatic rings. The van der Waals surface area contributed by atoms with Crippen LogP contribution in [0.5, 0.6) is 0 Å². The van der Waals surface area contributed by atoms with Crippen molar-refractivity contribution in [1.29, 1.82) is 0 Å². The van der Waals surface area contributed by atoms with Crippen LogP contribution in [-0.2, 0) is 5.41 Å². The normalized spacial score (nSPS) is 13.0. The van der Waals surface area contributed by atoms with Gasteiger partial charge < -0.3 is 9.47 Å². The van der Waals surface area contributed by atoms with Crippen LogP contribution in [0.4, 0.5) is 17.1 Å². The summed E-state index contributed by atoms with van der Waals surface area (Å²) in [7, 11) is 0. The van der Waals surface area contributed by atoms with Crippen LogP contribution >= 0.6 is 0 Å². The number of para-hydroxylation sites is 1. The Bertz CT molecular complexity index is 3820. The Morgan fingerprint density at radius 2 is 0.862 bits per heavy atom. The van der Waals surface area contributed by atoms with Crippen LogP contribution in [0.1, 0.15) is 22.3 Å². The number of nitrogens with zero attached hydrogens (tertiary/aromatic N) is 2. The minimum atomic E-state index is -0.434. The molecule has 0 atom stereocenters. The van der Waals surface area contributed by atoms with E-state index in [2.05, 4.69) is 252 Å². The van der Waals surface area contributed by atoms with Gasteiger partial charge in [0.1, 0.15) is 0 Å². The van der Waals surface area contributed by atoms with Crippen molar-refractivity contribution < 1.29 is 0 Å². The number of rotatable bonds is 5. The molecular formula is C63H40N2. The Morgan fingerprint density at radius 3 is 1.57 bits per heavy atom. The van der Waals surface area contributed by atoms with Gasteiger partial charge in [0, 0.05) is 38.6 Å². The lowest BCUT2D eigenvalue weighted by molar-refractivity contribution is 0.793. The Hall–Kier alpha value is -8.46. The minimum absolute atomic E-state index is 0.434. The molecule has 2 nitrogen and oxygen atoms in total. The molecule has 302 valence electrons. The van der Waals surface area contributed by atoms with Gasteiger partial charge in [-0.3, -0.25) is 0 Å². The molecule has 0 radical (unpaired) electrons. The summed E-state index contributed by atoms with van der Waals surface area (Å²) in [6, 6.07) is 90.1. The highest BCUT2D eigenvalue weighted by Gasteiger charge is 2.51. The summed E-state index contributed by atoms with van der Waals surface area (Å²) in [5.41, 5.74) is 19.5. The van der Waals surface area contributed by atoms with E-state index in [-0.39, 0.29) is 0 Å². The van der Waals surface area contributed by atoms with E-state index in [1.165, 1.54) is 99.0 Å². The van der Waals surface area contributed by atoms with Gasteiger partial charge >= 0.3 is 0 Å². The second-order valence-electron chi connectivity index (χ2n) is 17.6. The third-order valence-electron chi connectivity index (χ3n) is 14.4. The smallest absolute Gasteiger partial charge is 0.0726 e. The van der Waals surface area contributed by atoms with Crippen molar-refractivity contribution in [3.05, 3.63) is 265 Å². The van der Waals surface area contributed by atoms with Gasteiger partial charge in [0.2, 0.25) is 0 Å². The SMILES string of the molecule is c1ccc(-n2c3cc(-c4ccc(N(c5ccc6c(c5)C5(c7ccccc7-c7ccccc75)c5ccccc5-6)c5cccc6ccccc56)cc4)ccc3c3ccc4ccccc4c32)cc1. The second kappa shape index (κ2) is 13.8. The monoisotopic (exact) mass is 824 g/mol. The number of anilines is 3. The zero-order chi connectivity index (χ0) is 42.6. The molecule has 1 heterocycles. The predicted molar refractivity (Wildman–Crippen MR) is 272 cm³/mol. The van der Waals surface area contributed by atoms with Crippen LogP contribution in [0.25, 0.3) is 82.4 Å². The summed E-state index contributed by atoms with van der Waals surface area (Å²) in [6.45, 7) is 0. The fourth-order valence-electron chi connectivity index (χ4n) is 11.7. The zero-order valence-corrected chi connectivity index (χ0v) is 35.5. The van der Waals surface area contributed by atoms with E-state index in [1.807, 2.05) is 0 Å². The van der Waals surface area contributed by atoms with Crippen LogP contribution in [0.3, 0.4) is 0 Å². The maximum Gasteiger partial charge on any atom is 0.0726 e. The largest absolute Gasteiger partial charge is 0.310 e. The lowest BCUT2D eigenvalue weighted by Crippen LogP contribution is -2.26. The van der Waals surface area contributed by atoms with Gasteiger partial charge in [-0.1, -0.05) is 194 Å². The van der Waals surface area contributed by atoms with E-state index in [9.17, 15) is 0 Å². The average molecular weight is 825 g/mol. The number of aromatic nitrogens is 1. The molecule has 65 heavy (non-hydrogen) atoms. The highest BCUT2D eigenvalue weighted by atomic mass is 15.1. The Labute approximate surface area is 377 Å². The Morgan fingerprint density at radius 1 is 0.323 bits per heavy atom. The zero-order valence-electron chi connectivity index (χ0n) is 35.5. The van der Waals surface area contributed by atoms with Gasteiger partial charge in [-0.15, -0.1) is 0 Å². The first-order chi connectivity index (χ1) is 32.3. The van der Waals surface area contributed by atoms with E-state index in [0.717, 1.165) is 22.7 Å². The van der Waals surface area contributed by atoms with E-state index >= 15 is 0 Å². The van der Waals surface area contributed by atoms with Gasteiger partial charge in [0.25, 0.3) is 0 Å². The summed E-state index contributed by atoms with van der Waals surface area (Å²) < 4.78 is 2.45. The maximum absolute atomic E-state index is 2.49. The van der Waals surface area contributed by atoms with Crippen molar-refractivity contribution in [1.82, 2.24) is 4.57 Å². The highest BCUT2D eigenvalue weighted by molar-refractivity contribution is 6.19. The molecule has 2 aliphatic carbocycles. The molecule has 0 aliphatic heterocycles.